The minimum Gasteiger partial charge on any atom is -0.481 e. The molecule has 0 aliphatic carbocycles. The Hall–Kier alpha value is -3.09. The lowest BCUT2D eigenvalue weighted by molar-refractivity contribution is -0.173. The maximum absolute atomic E-state index is 12.4. The number of hydrogen-bond donors (Lipinski definition) is 0. The van der Waals surface area contributed by atoms with Gasteiger partial charge >= 0.3 is 17.6 Å². The molecular weight excluding hydrogens is 364 g/mol. The zero-order valence-corrected chi connectivity index (χ0v) is 16.4. The molecule has 0 radical (unpaired) electrons. The molecule has 1 aromatic heterocycles. The molecule has 7 heteroatoms. The Morgan fingerprint density at radius 3 is 2.43 bits per heavy atom. The van der Waals surface area contributed by atoms with Gasteiger partial charge in [0.15, 0.2) is 12.2 Å². The van der Waals surface area contributed by atoms with Crippen LogP contribution in [0.5, 0.6) is 5.75 Å². The standard InChI is InChI=1S/C21H22O7/c1-11(2)10-16(24)27-19-17-14(25-20(19)21(4,5)28-12(3)22)8-6-13-7-9-15(23)26-18(13)17/h6-10,19-20H,1-5H3. The van der Waals surface area contributed by atoms with E-state index in [1.54, 1.807) is 45.9 Å². The molecule has 3 rings (SSSR count). The fourth-order valence-electron chi connectivity index (χ4n) is 3.31. The number of benzene rings is 1. The summed E-state index contributed by atoms with van der Waals surface area (Å²) in [7, 11) is 0. The average Bonchev–Trinajstić information content (AvgIpc) is 2.92. The molecule has 28 heavy (non-hydrogen) atoms. The lowest BCUT2D eigenvalue weighted by Gasteiger charge is -2.33. The Labute approximate surface area is 161 Å². The molecule has 0 saturated heterocycles. The van der Waals surface area contributed by atoms with Gasteiger partial charge in [0.05, 0.1) is 5.56 Å². The summed E-state index contributed by atoms with van der Waals surface area (Å²) in [4.78, 5) is 35.7. The normalized spacial score (nSPS) is 18.2. The molecule has 0 bridgehead atoms. The average molecular weight is 386 g/mol. The van der Waals surface area contributed by atoms with Crippen LogP contribution in [-0.4, -0.2) is 23.6 Å². The van der Waals surface area contributed by atoms with Crippen LogP contribution in [0.3, 0.4) is 0 Å². The number of carbonyl (C=O) groups is 2. The first-order valence-electron chi connectivity index (χ1n) is 8.87. The summed E-state index contributed by atoms with van der Waals surface area (Å²) < 4.78 is 22.5. The fraction of sp³-hybridized carbons (Fsp3) is 0.381. The molecule has 1 aromatic carbocycles. The quantitative estimate of drug-likeness (QED) is 0.451. The summed E-state index contributed by atoms with van der Waals surface area (Å²) >= 11 is 0. The zero-order chi connectivity index (χ0) is 20.6. The molecular formula is C21H22O7. The van der Waals surface area contributed by atoms with Gasteiger partial charge in [0.25, 0.3) is 0 Å². The molecule has 0 saturated carbocycles. The largest absolute Gasteiger partial charge is 0.481 e. The summed E-state index contributed by atoms with van der Waals surface area (Å²) in [5.74, 6) is -0.655. The lowest BCUT2D eigenvalue weighted by Crippen LogP contribution is -2.46. The number of fused-ring (bicyclic) bond motifs is 3. The monoisotopic (exact) mass is 386 g/mol. The Balaban J connectivity index is 2.14. The van der Waals surface area contributed by atoms with Crippen molar-refractivity contribution in [1.82, 2.24) is 0 Å². The van der Waals surface area contributed by atoms with Crippen LogP contribution < -0.4 is 10.4 Å². The van der Waals surface area contributed by atoms with Gasteiger partial charge in [-0.05, 0) is 45.9 Å². The van der Waals surface area contributed by atoms with Gasteiger partial charge in [0.1, 0.15) is 16.9 Å². The third-order valence-corrected chi connectivity index (χ3v) is 4.34. The lowest BCUT2D eigenvalue weighted by atomic mass is 9.93. The second-order valence-electron chi connectivity index (χ2n) is 7.46. The molecule has 1 aliphatic heterocycles. The van der Waals surface area contributed by atoms with E-state index in [1.165, 1.54) is 19.1 Å². The molecule has 2 unspecified atom stereocenters. The van der Waals surface area contributed by atoms with Gasteiger partial charge in [-0.25, -0.2) is 9.59 Å². The number of carbonyl (C=O) groups excluding carboxylic acids is 2. The number of esters is 2. The van der Waals surface area contributed by atoms with E-state index in [4.69, 9.17) is 18.6 Å². The van der Waals surface area contributed by atoms with Gasteiger partial charge in [0, 0.05) is 24.5 Å². The van der Waals surface area contributed by atoms with E-state index in [0.717, 1.165) is 5.57 Å². The fourth-order valence-corrected chi connectivity index (χ4v) is 3.31. The van der Waals surface area contributed by atoms with E-state index in [1.807, 2.05) is 0 Å². The minimum atomic E-state index is -1.11. The number of rotatable bonds is 4. The highest BCUT2D eigenvalue weighted by Gasteiger charge is 2.49. The summed E-state index contributed by atoms with van der Waals surface area (Å²) in [6.45, 7) is 8.18. The van der Waals surface area contributed by atoms with Crippen LogP contribution >= 0.6 is 0 Å². The van der Waals surface area contributed by atoms with Crippen LogP contribution in [0.4, 0.5) is 0 Å². The van der Waals surface area contributed by atoms with E-state index in [2.05, 4.69) is 0 Å². The number of hydrogen-bond acceptors (Lipinski definition) is 7. The van der Waals surface area contributed by atoms with Crippen molar-refractivity contribution in [2.24, 2.45) is 0 Å². The Kier molecular flexibility index (Phi) is 5.02. The predicted molar refractivity (Wildman–Crippen MR) is 101 cm³/mol. The zero-order valence-electron chi connectivity index (χ0n) is 16.4. The number of allylic oxidation sites excluding steroid dienone is 1. The molecule has 0 amide bonds. The Bertz CT molecular complexity index is 1020. The van der Waals surface area contributed by atoms with Crippen LogP contribution in [0.1, 0.15) is 46.3 Å². The molecule has 2 aromatic rings. The first-order valence-corrected chi connectivity index (χ1v) is 8.87. The molecule has 0 fully saturated rings. The minimum absolute atomic E-state index is 0.279. The van der Waals surface area contributed by atoms with Gasteiger partial charge in [-0.15, -0.1) is 0 Å². The smallest absolute Gasteiger partial charge is 0.336 e. The maximum Gasteiger partial charge on any atom is 0.336 e. The number of ether oxygens (including phenoxy) is 3. The third-order valence-electron chi connectivity index (χ3n) is 4.34. The van der Waals surface area contributed by atoms with E-state index in [9.17, 15) is 14.4 Å². The first-order chi connectivity index (χ1) is 13.1. The molecule has 2 atom stereocenters. The van der Waals surface area contributed by atoms with Crippen LogP contribution in [0.2, 0.25) is 0 Å². The topological polar surface area (TPSA) is 92.0 Å². The molecule has 0 N–H and O–H groups in total. The van der Waals surface area contributed by atoms with Crippen molar-refractivity contribution in [2.75, 3.05) is 0 Å². The van der Waals surface area contributed by atoms with Gasteiger partial charge in [-0.2, -0.15) is 0 Å². The summed E-state index contributed by atoms with van der Waals surface area (Å²) in [5, 5.41) is 0.663. The molecule has 7 nitrogen and oxygen atoms in total. The van der Waals surface area contributed by atoms with E-state index < -0.39 is 35.4 Å². The van der Waals surface area contributed by atoms with Crippen LogP contribution in [0.15, 0.2) is 45.1 Å². The van der Waals surface area contributed by atoms with E-state index >= 15 is 0 Å². The van der Waals surface area contributed by atoms with Crippen molar-refractivity contribution in [1.29, 1.82) is 0 Å². The molecule has 1 aliphatic rings. The molecule has 148 valence electrons. The second kappa shape index (κ2) is 7.14. The highest BCUT2D eigenvalue weighted by Crippen LogP contribution is 2.47. The Morgan fingerprint density at radius 1 is 1.11 bits per heavy atom. The van der Waals surface area contributed by atoms with Crippen LogP contribution in [-0.2, 0) is 19.1 Å². The molecule has 0 spiro atoms. The summed E-state index contributed by atoms with van der Waals surface area (Å²) in [6, 6.07) is 6.40. The van der Waals surface area contributed by atoms with Crippen molar-refractivity contribution < 1.29 is 28.2 Å². The van der Waals surface area contributed by atoms with Crippen LogP contribution in [0, 0.1) is 0 Å². The molecule has 2 heterocycles. The highest BCUT2D eigenvalue weighted by atomic mass is 16.6. The third kappa shape index (κ3) is 3.78. The van der Waals surface area contributed by atoms with Gasteiger partial charge in [-0.1, -0.05) is 5.57 Å². The van der Waals surface area contributed by atoms with Crippen molar-refractivity contribution in [3.05, 3.63) is 51.9 Å². The Morgan fingerprint density at radius 2 is 1.79 bits per heavy atom. The van der Waals surface area contributed by atoms with Crippen molar-refractivity contribution in [3.8, 4) is 5.75 Å². The predicted octanol–water partition coefficient (Wildman–Crippen LogP) is 3.45. The van der Waals surface area contributed by atoms with Gasteiger partial charge in [0.2, 0.25) is 0 Å². The van der Waals surface area contributed by atoms with Crippen LogP contribution in [0.25, 0.3) is 11.0 Å². The van der Waals surface area contributed by atoms with Gasteiger partial charge in [-0.3, -0.25) is 4.79 Å². The van der Waals surface area contributed by atoms with Crippen molar-refractivity contribution >= 4 is 22.9 Å². The van der Waals surface area contributed by atoms with Crippen molar-refractivity contribution in [3.63, 3.8) is 0 Å². The summed E-state index contributed by atoms with van der Waals surface area (Å²) in [6.07, 6.45) is -0.395. The second-order valence-corrected chi connectivity index (χ2v) is 7.46. The van der Waals surface area contributed by atoms with E-state index in [-0.39, 0.29) is 5.58 Å². The highest BCUT2D eigenvalue weighted by molar-refractivity contribution is 5.86. The summed E-state index contributed by atoms with van der Waals surface area (Å²) in [5.41, 5.74) is -0.151. The SMILES string of the molecule is CC(=O)OC(C)(C)C1Oc2ccc3ccc(=O)oc3c2C1OC(=O)C=C(C)C. The first kappa shape index (κ1) is 19.7. The van der Waals surface area contributed by atoms with Gasteiger partial charge < -0.3 is 18.6 Å². The van der Waals surface area contributed by atoms with E-state index in [0.29, 0.717) is 16.7 Å². The maximum atomic E-state index is 12.4. The van der Waals surface area contributed by atoms with Crippen molar-refractivity contribution in [2.45, 2.75) is 52.4 Å².